The summed E-state index contributed by atoms with van der Waals surface area (Å²) >= 11 is 0. The number of nitrogens with zero attached hydrogens (tertiary/aromatic N) is 2. The molecule has 2 aromatic carbocycles. The lowest BCUT2D eigenvalue weighted by Crippen LogP contribution is -2.35. The molecule has 1 fully saturated rings. The van der Waals surface area contributed by atoms with Crippen LogP contribution in [0.1, 0.15) is 30.1 Å². The van der Waals surface area contributed by atoms with E-state index in [9.17, 15) is 9.18 Å². The topological polar surface area (TPSA) is 68.2 Å². The van der Waals surface area contributed by atoms with E-state index < -0.39 is 0 Å². The standard InChI is InChI=1S/C25H25FN4O2/c26-20-8-6-17(7-9-20)18-10-11-30-23(16-27-24(30)14-18)19-3-1-4-21(13-19)29-25(31)28-15-22-5-2-12-32-22/h1,3-4,6-11,13,16,18,22H,2,5,12,14-15H2,(H2,28,29,31). The number of amides is 2. The zero-order chi connectivity index (χ0) is 21.9. The fourth-order valence-corrected chi connectivity index (χ4v) is 4.27. The Morgan fingerprint density at radius 2 is 2.09 bits per heavy atom. The maximum absolute atomic E-state index is 13.2. The van der Waals surface area contributed by atoms with E-state index in [0.29, 0.717) is 12.2 Å². The predicted molar refractivity (Wildman–Crippen MR) is 122 cm³/mol. The number of benzene rings is 2. The zero-order valence-corrected chi connectivity index (χ0v) is 17.6. The Morgan fingerprint density at radius 3 is 2.91 bits per heavy atom. The van der Waals surface area contributed by atoms with Crippen LogP contribution in [0.15, 0.2) is 60.8 Å². The van der Waals surface area contributed by atoms with Crippen molar-refractivity contribution in [3.8, 4) is 11.3 Å². The molecule has 2 amide bonds. The first-order chi connectivity index (χ1) is 15.7. The SMILES string of the molecule is O=C(NCC1CCCO1)Nc1cccc(-c2cnc3n2C=CC(c2ccc(F)cc2)C3)c1. The highest BCUT2D eigenvalue weighted by atomic mass is 19.1. The smallest absolute Gasteiger partial charge is 0.319 e. The zero-order valence-electron chi connectivity index (χ0n) is 17.6. The Bertz CT molecular complexity index is 1130. The number of nitrogens with one attached hydrogen (secondary N) is 2. The van der Waals surface area contributed by atoms with Crippen molar-refractivity contribution in [1.29, 1.82) is 0 Å². The molecule has 2 N–H and O–H groups in total. The van der Waals surface area contributed by atoms with Gasteiger partial charge in [-0.2, -0.15) is 0 Å². The second-order valence-electron chi connectivity index (χ2n) is 8.18. The van der Waals surface area contributed by atoms with E-state index in [0.717, 1.165) is 48.5 Å². The number of ether oxygens (including phenoxy) is 1. The Hall–Kier alpha value is -3.45. The molecule has 2 atom stereocenters. The van der Waals surface area contributed by atoms with Gasteiger partial charge >= 0.3 is 6.03 Å². The molecular weight excluding hydrogens is 407 g/mol. The number of carbonyl (C=O) groups is 1. The van der Waals surface area contributed by atoms with Crippen molar-refractivity contribution in [2.24, 2.45) is 0 Å². The van der Waals surface area contributed by atoms with Gasteiger partial charge in [-0.25, -0.2) is 14.2 Å². The van der Waals surface area contributed by atoms with Crippen molar-refractivity contribution in [2.75, 3.05) is 18.5 Å². The molecule has 7 heteroatoms. The highest BCUT2D eigenvalue weighted by Crippen LogP contribution is 2.31. The molecule has 0 saturated carbocycles. The summed E-state index contributed by atoms with van der Waals surface area (Å²) in [7, 11) is 0. The van der Waals surface area contributed by atoms with E-state index in [-0.39, 0.29) is 23.9 Å². The lowest BCUT2D eigenvalue weighted by molar-refractivity contribution is 0.112. The largest absolute Gasteiger partial charge is 0.376 e. The Labute approximate surface area is 186 Å². The van der Waals surface area contributed by atoms with Gasteiger partial charge in [0, 0.05) is 42.9 Å². The summed E-state index contributed by atoms with van der Waals surface area (Å²) in [5.41, 5.74) is 3.70. The number of rotatable bonds is 5. The summed E-state index contributed by atoms with van der Waals surface area (Å²) < 4.78 is 20.8. The van der Waals surface area contributed by atoms with Crippen LogP contribution in [0.25, 0.3) is 17.5 Å². The maximum Gasteiger partial charge on any atom is 0.319 e. The third kappa shape index (κ3) is 4.43. The van der Waals surface area contributed by atoms with Crippen LogP contribution in [0.5, 0.6) is 0 Å². The minimum Gasteiger partial charge on any atom is -0.376 e. The molecule has 5 rings (SSSR count). The third-order valence-corrected chi connectivity index (χ3v) is 5.97. The number of urea groups is 1. The molecule has 1 saturated heterocycles. The molecule has 6 nitrogen and oxygen atoms in total. The first-order valence-corrected chi connectivity index (χ1v) is 10.9. The van der Waals surface area contributed by atoms with Crippen molar-refractivity contribution < 1.29 is 13.9 Å². The van der Waals surface area contributed by atoms with Gasteiger partial charge in [-0.15, -0.1) is 0 Å². The molecule has 2 unspecified atom stereocenters. The number of aromatic nitrogens is 2. The molecule has 2 aliphatic heterocycles. The quantitative estimate of drug-likeness (QED) is 0.609. The van der Waals surface area contributed by atoms with Gasteiger partial charge in [0.2, 0.25) is 0 Å². The van der Waals surface area contributed by atoms with Gasteiger partial charge in [-0.1, -0.05) is 30.3 Å². The van der Waals surface area contributed by atoms with Crippen LogP contribution in [0.2, 0.25) is 0 Å². The summed E-state index contributed by atoms with van der Waals surface area (Å²) in [6, 6.07) is 14.1. The molecule has 3 heterocycles. The number of fused-ring (bicyclic) bond motifs is 1. The molecule has 0 aliphatic carbocycles. The Balaban J connectivity index is 1.28. The van der Waals surface area contributed by atoms with Crippen LogP contribution in [0.3, 0.4) is 0 Å². The normalized spacial score (nSPS) is 19.5. The Kier molecular flexibility index (Phi) is 5.73. The van der Waals surface area contributed by atoms with Gasteiger partial charge in [0.15, 0.2) is 0 Å². The first-order valence-electron chi connectivity index (χ1n) is 10.9. The molecule has 0 radical (unpaired) electrons. The number of carbonyl (C=O) groups excluding carboxylic acids is 1. The summed E-state index contributed by atoms with van der Waals surface area (Å²) in [5.74, 6) is 0.884. The number of anilines is 1. The molecule has 3 aromatic rings. The first kappa shape index (κ1) is 20.5. The van der Waals surface area contributed by atoms with E-state index in [1.165, 1.54) is 12.1 Å². The van der Waals surface area contributed by atoms with Crippen LogP contribution in [-0.4, -0.2) is 34.8 Å². The lowest BCUT2D eigenvalue weighted by atomic mass is 9.94. The van der Waals surface area contributed by atoms with Crippen molar-refractivity contribution in [1.82, 2.24) is 14.9 Å². The molecular formula is C25H25FN4O2. The van der Waals surface area contributed by atoms with Gasteiger partial charge < -0.3 is 19.9 Å². The van der Waals surface area contributed by atoms with E-state index in [2.05, 4.69) is 26.3 Å². The fourth-order valence-electron chi connectivity index (χ4n) is 4.27. The molecule has 164 valence electrons. The van der Waals surface area contributed by atoms with E-state index in [1.54, 1.807) is 0 Å². The van der Waals surface area contributed by atoms with Crippen molar-refractivity contribution in [3.63, 3.8) is 0 Å². The summed E-state index contributed by atoms with van der Waals surface area (Å²) in [5, 5.41) is 5.77. The average molecular weight is 432 g/mol. The van der Waals surface area contributed by atoms with Gasteiger partial charge in [0.1, 0.15) is 11.6 Å². The van der Waals surface area contributed by atoms with E-state index in [1.807, 2.05) is 48.8 Å². The average Bonchev–Trinajstić information content (AvgIpc) is 3.48. The molecule has 32 heavy (non-hydrogen) atoms. The second kappa shape index (κ2) is 8.96. The molecule has 2 aliphatic rings. The van der Waals surface area contributed by atoms with Crippen molar-refractivity contribution in [2.45, 2.75) is 31.3 Å². The number of hydrogen-bond donors (Lipinski definition) is 2. The molecule has 0 spiro atoms. The summed E-state index contributed by atoms with van der Waals surface area (Å²) in [4.78, 5) is 16.9. The van der Waals surface area contributed by atoms with Gasteiger partial charge in [-0.05, 0) is 42.7 Å². The predicted octanol–water partition coefficient (Wildman–Crippen LogP) is 4.80. The van der Waals surface area contributed by atoms with Crippen LogP contribution < -0.4 is 10.6 Å². The van der Waals surface area contributed by atoms with E-state index >= 15 is 0 Å². The maximum atomic E-state index is 13.2. The summed E-state index contributed by atoms with van der Waals surface area (Å²) in [6.45, 7) is 1.28. The third-order valence-electron chi connectivity index (χ3n) is 5.97. The van der Waals surface area contributed by atoms with Crippen molar-refractivity contribution in [3.05, 3.63) is 78.0 Å². The fraction of sp³-hybridized carbons (Fsp3) is 0.280. The van der Waals surface area contributed by atoms with Crippen LogP contribution in [0, 0.1) is 5.82 Å². The van der Waals surface area contributed by atoms with Crippen molar-refractivity contribution >= 4 is 17.9 Å². The summed E-state index contributed by atoms with van der Waals surface area (Å²) in [6.07, 6.45) is 8.86. The lowest BCUT2D eigenvalue weighted by Gasteiger charge is -2.19. The molecule has 1 aromatic heterocycles. The Morgan fingerprint density at radius 1 is 1.22 bits per heavy atom. The van der Waals surface area contributed by atoms with Gasteiger partial charge in [0.05, 0.1) is 18.0 Å². The van der Waals surface area contributed by atoms with Crippen LogP contribution >= 0.6 is 0 Å². The number of hydrogen-bond acceptors (Lipinski definition) is 3. The monoisotopic (exact) mass is 432 g/mol. The second-order valence-corrected chi connectivity index (χ2v) is 8.18. The minimum absolute atomic E-state index is 0.107. The van der Waals surface area contributed by atoms with Gasteiger partial charge in [0.25, 0.3) is 0 Å². The number of imidazole rings is 1. The number of allylic oxidation sites excluding steroid dienone is 1. The van der Waals surface area contributed by atoms with E-state index in [4.69, 9.17) is 4.74 Å². The highest BCUT2D eigenvalue weighted by Gasteiger charge is 2.20. The van der Waals surface area contributed by atoms with Crippen LogP contribution in [0.4, 0.5) is 14.9 Å². The minimum atomic E-state index is -0.241. The highest BCUT2D eigenvalue weighted by molar-refractivity contribution is 5.90. The number of halogens is 1. The van der Waals surface area contributed by atoms with Gasteiger partial charge in [-0.3, -0.25) is 0 Å². The van der Waals surface area contributed by atoms with Crippen LogP contribution in [-0.2, 0) is 11.2 Å². The molecule has 0 bridgehead atoms.